The third kappa shape index (κ3) is 11.8. The third-order valence-corrected chi connectivity index (χ3v) is 4.13. The summed E-state index contributed by atoms with van der Waals surface area (Å²) in [6.07, 6.45) is 0.582. The maximum atomic E-state index is 11.2. The lowest BCUT2D eigenvalue weighted by Crippen LogP contribution is -2.58. The van der Waals surface area contributed by atoms with E-state index in [1.165, 1.54) is 4.90 Å². The van der Waals surface area contributed by atoms with Crippen LogP contribution in [0.25, 0.3) is 0 Å². The summed E-state index contributed by atoms with van der Waals surface area (Å²) in [6, 6.07) is 0.137. The Kier molecular flexibility index (Phi) is 10.1. The molecule has 3 N–H and O–H groups in total. The van der Waals surface area contributed by atoms with Crippen LogP contribution >= 0.6 is 11.6 Å². The molecule has 1 atom stereocenters. The summed E-state index contributed by atoms with van der Waals surface area (Å²) in [4.78, 5) is 25.5. The Morgan fingerprint density at radius 2 is 1.40 bits per heavy atom. The Morgan fingerprint density at radius 3 is 1.63 bits per heavy atom. The van der Waals surface area contributed by atoms with Gasteiger partial charge in [-0.15, -0.1) is 11.6 Å². The van der Waals surface area contributed by atoms with Gasteiger partial charge in [-0.1, -0.05) is 0 Å². The van der Waals surface area contributed by atoms with E-state index in [-0.39, 0.29) is 24.3 Å². The van der Waals surface area contributed by atoms with Crippen LogP contribution in [-0.2, 0) is 14.2 Å². The van der Waals surface area contributed by atoms with Gasteiger partial charge in [0.1, 0.15) is 11.2 Å². The highest BCUT2D eigenvalue weighted by atomic mass is 35.5. The predicted octanol–water partition coefficient (Wildman–Crippen LogP) is 2.18. The molecule has 3 saturated heterocycles. The lowest BCUT2D eigenvalue weighted by atomic mass is 10.1. The molecule has 3 rings (SSSR count). The van der Waals surface area contributed by atoms with E-state index in [0.717, 1.165) is 18.9 Å². The van der Waals surface area contributed by atoms with Crippen molar-refractivity contribution in [1.82, 2.24) is 9.80 Å². The number of carbonyl (C=O) groups excluding carboxylic acids is 2. The molecule has 9 nitrogen and oxygen atoms in total. The van der Waals surface area contributed by atoms with Gasteiger partial charge < -0.3 is 34.9 Å². The van der Waals surface area contributed by atoms with Crippen molar-refractivity contribution >= 4 is 23.8 Å². The van der Waals surface area contributed by atoms with Gasteiger partial charge in [0.05, 0.1) is 31.9 Å². The van der Waals surface area contributed by atoms with Crippen LogP contribution in [0.4, 0.5) is 9.59 Å². The number of β-amino-alcohol motifs (C(OH)–C–C–N with tert-alkyl or cyclic N) is 1. The van der Waals surface area contributed by atoms with Gasteiger partial charge in [0.2, 0.25) is 0 Å². The normalized spacial score (nSPS) is 21.2. The van der Waals surface area contributed by atoms with Crippen LogP contribution in [0.3, 0.4) is 0 Å². The monoisotopic (exact) mass is 451 g/mol. The average molecular weight is 452 g/mol. The quantitative estimate of drug-likeness (QED) is 0.487. The highest BCUT2D eigenvalue weighted by Crippen LogP contribution is 2.15. The lowest BCUT2D eigenvalue weighted by molar-refractivity contribution is -0.0303. The number of halogens is 1. The Labute approximate surface area is 184 Å². The largest absolute Gasteiger partial charge is 0.444 e. The van der Waals surface area contributed by atoms with E-state index in [4.69, 9.17) is 36.7 Å². The summed E-state index contributed by atoms with van der Waals surface area (Å²) < 4.78 is 15.1. The number of hydrogen-bond acceptors (Lipinski definition) is 7. The zero-order chi connectivity index (χ0) is 23.1. The third-order valence-electron chi connectivity index (χ3n) is 3.91. The van der Waals surface area contributed by atoms with Crippen LogP contribution in [0, 0.1) is 0 Å². The predicted molar refractivity (Wildman–Crippen MR) is 115 cm³/mol. The number of rotatable bonds is 2. The van der Waals surface area contributed by atoms with Gasteiger partial charge in [0, 0.05) is 25.0 Å². The van der Waals surface area contributed by atoms with E-state index >= 15 is 0 Å². The first-order chi connectivity index (χ1) is 13.7. The highest BCUT2D eigenvalue weighted by molar-refractivity contribution is 6.17. The molecule has 1 unspecified atom stereocenters. The first-order valence-electron chi connectivity index (χ1n) is 10.3. The fraction of sp³-hybridized carbons (Fsp3) is 0.900. The molecule has 2 amide bonds. The Hall–Kier alpha value is -1.29. The fourth-order valence-electron chi connectivity index (χ4n) is 2.28. The molecule has 176 valence electrons. The van der Waals surface area contributed by atoms with Gasteiger partial charge >= 0.3 is 12.2 Å². The standard InChI is InChI=1S/C8H16N2O2.C8H15NO3.C4H7ClO/c1-8(2,3)12-7(11)10-4-6(9)5-10;1-8(2,3)12-7(11)9-4-6(10)5-9;5-2-1-4-3-6-4/h6H,4-5,9H2,1-3H3;6,10H,4-5H2,1-3H3;4H,1-3H2. The lowest BCUT2D eigenvalue weighted by Gasteiger charge is -2.37. The second kappa shape index (κ2) is 11.4. The Balaban J connectivity index is 0.000000237. The molecule has 0 bridgehead atoms. The summed E-state index contributed by atoms with van der Waals surface area (Å²) in [5, 5.41) is 8.92. The number of aliphatic hydroxyl groups is 1. The second-order valence-electron chi connectivity index (χ2n) is 9.62. The van der Waals surface area contributed by atoms with Crippen molar-refractivity contribution in [2.75, 3.05) is 38.7 Å². The highest BCUT2D eigenvalue weighted by Gasteiger charge is 2.32. The molecule has 0 aliphatic carbocycles. The van der Waals surface area contributed by atoms with Crippen molar-refractivity contribution in [2.24, 2.45) is 5.73 Å². The summed E-state index contributed by atoms with van der Waals surface area (Å²) in [6.45, 7) is 14.0. The SMILES string of the molecule is CC(C)(C)OC(=O)N1CC(N)C1.CC(C)(C)OC(=O)N1CC(O)C1.ClCCC1CO1. The number of nitrogens with zero attached hydrogens (tertiary/aromatic N) is 2. The molecule has 10 heteroatoms. The van der Waals surface area contributed by atoms with Crippen LogP contribution < -0.4 is 5.73 Å². The minimum atomic E-state index is -0.447. The van der Waals surface area contributed by atoms with Gasteiger partial charge in [0.25, 0.3) is 0 Å². The molecular formula is C20H38ClN3O6. The van der Waals surface area contributed by atoms with Crippen molar-refractivity contribution in [3.63, 3.8) is 0 Å². The molecule has 0 aromatic carbocycles. The zero-order valence-corrected chi connectivity index (χ0v) is 19.8. The molecule has 0 radical (unpaired) electrons. The molecule has 30 heavy (non-hydrogen) atoms. The number of nitrogens with two attached hydrogens (primary N) is 1. The van der Waals surface area contributed by atoms with E-state index < -0.39 is 11.2 Å². The Bertz CT molecular complexity index is 506. The van der Waals surface area contributed by atoms with E-state index in [1.54, 1.807) is 4.90 Å². The first kappa shape index (κ1) is 26.7. The molecule has 0 saturated carbocycles. The number of alkyl halides is 1. The maximum absolute atomic E-state index is 11.2. The zero-order valence-electron chi connectivity index (χ0n) is 19.0. The van der Waals surface area contributed by atoms with Gasteiger partial charge in [-0.3, -0.25) is 0 Å². The number of carbonyl (C=O) groups is 2. The van der Waals surface area contributed by atoms with Crippen LogP contribution in [0.15, 0.2) is 0 Å². The minimum Gasteiger partial charge on any atom is -0.444 e. The van der Waals surface area contributed by atoms with Crippen LogP contribution in [0.5, 0.6) is 0 Å². The maximum Gasteiger partial charge on any atom is 0.410 e. The first-order valence-corrected chi connectivity index (χ1v) is 10.8. The number of amides is 2. The summed E-state index contributed by atoms with van der Waals surface area (Å²) in [7, 11) is 0. The van der Waals surface area contributed by atoms with E-state index in [1.807, 2.05) is 41.5 Å². The van der Waals surface area contributed by atoms with Crippen molar-refractivity contribution in [3.8, 4) is 0 Å². The van der Waals surface area contributed by atoms with Crippen molar-refractivity contribution in [3.05, 3.63) is 0 Å². The van der Waals surface area contributed by atoms with Crippen molar-refractivity contribution in [1.29, 1.82) is 0 Å². The minimum absolute atomic E-state index is 0.137. The average Bonchev–Trinajstić information content (AvgIpc) is 3.31. The number of hydrogen-bond donors (Lipinski definition) is 2. The van der Waals surface area contributed by atoms with Crippen molar-refractivity contribution in [2.45, 2.75) is 77.4 Å². The van der Waals surface area contributed by atoms with Crippen LogP contribution in [0.2, 0.25) is 0 Å². The van der Waals surface area contributed by atoms with E-state index in [2.05, 4.69) is 0 Å². The van der Waals surface area contributed by atoms with Gasteiger partial charge in [-0.2, -0.15) is 0 Å². The molecule has 3 fully saturated rings. The number of epoxide rings is 1. The molecule has 0 aromatic heterocycles. The summed E-state index contributed by atoms with van der Waals surface area (Å²) >= 11 is 5.36. The van der Waals surface area contributed by atoms with Crippen LogP contribution in [0.1, 0.15) is 48.0 Å². The summed E-state index contributed by atoms with van der Waals surface area (Å²) in [5.74, 6) is 0.741. The van der Waals surface area contributed by atoms with Crippen LogP contribution in [-0.4, -0.2) is 95.2 Å². The number of ether oxygens (including phenoxy) is 3. The summed E-state index contributed by atoms with van der Waals surface area (Å²) in [5.41, 5.74) is 4.67. The van der Waals surface area contributed by atoms with E-state index in [0.29, 0.717) is 32.3 Å². The van der Waals surface area contributed by atoms with Gasteiger partial charge in [-0.05, 0) is 48.0 Å². The molecule has 0 aromatic rings. The molecular weight excluding hydrogens is 414 g/mol. The molecule has 3 aliphatic rings. The molecule has 0 spiro atoms. The fourth-order valence-corrected chi connectivity index (χ4v) is 2.52. The molecule has 3 heterocycles. The Morgan fingerprint density at radius 1 is 1.00 bits per heavy atom. The smallest absolute Gasteiger partial charge is 0.410 e. The van der Waals surface area contributed by atoms with Crippen molar-refractivity contribution < 1.29 is 28.9 Å². The molecule has 3 aliphatic heterocycles. The van der Waals surface area contributed by atoms with E-state index in [9.17, 15) is 9.59 Å². The topological polar surface area (TPSA) is 118 Å². The van der Waals surface area contributed by atoms with Gasteiger partial charge in [-0.25, -0.2) is 9.59 Å². The van der Waals surface area contributed by atoms with Gasteiger partial charge in [0.15, 0.2) is 0 Å². The number of likely N-dealkylation sites (tertiary alicyclic amines) is 2. The second-order valence-corrected chi connectivity index (χ2v) is 10.00. The number of aliphatic hydroxyl groups excluding tert-OH is 1.